The van der Waals surface area contributed by atoms with E-state index in [9.17, 15) is 0 Å². The molecule has 1 saturated heterocycles. The summed E-state index contributed by atoms with van der Waals surface area (Å²) < 4.78 is 0. The molecule has 0 aliphatic carbocycles. The van der Waals surface area contributed by atoms with Gasteiger partial charge in [-0.15, -0.1) is 0 Å². The normalized spacial score (nSPS) is 22.1. The molecule has 2 atom stereocenters. The Kier molecular flexibility index (Phi) is 10.3. The van der Waals surface area contributed by atoms with E-state index >= 15 is 0 Å². The molecule has 2 N–H and O–H groups in total. The maximum Gasteiger partial charge on any atom is 0.191 e. The number of nitrogens with one attached hydrogen (secondary N) is 2. The first-order valence-corrected chi connectivity index (χ1v) is 9.50. The second-order valence-corrected chi connectivity index (χ2v) is 7.01. The smallest absolute Gasteiger partial charge is 0.191 e. The van der Waals surface area contributed by atoms with E-state index in [2.05, 4.69) is 55.3 Å². The van der Waals surface area contributed by atoms with Crippen molar-refractivity contribution in [3.05, 3.63) is 0 Å². The van der Waals surface area contributed by atoms with Crippen LogP contribution in [0.25, 0.3) is 0 Å². The summed E-state index contributed by atoms with van der Waals surface area (Å²) in [6, 6.07) is 1.00. The molecule has 1 rings (SSSR count). The molecule has 0 bridgehead atoms. The highest BCUT2D eigenvalue weighted by molar-refractivity contribution is 5.80. The van der Waals surface area contributed by atoms with Gasteiger partial charge in [-0.1, -0.05) is 32.6 Å². The minimum atomic E-state index is 0.483. The number of guanidine groups is 1. The van der Waals surface area contributed by atoms with Crippen LogP contribution in [0, 0.1) is 0 Å². The second-order valence-electron chi connectivity index (χ2n) is 7.01. The number of aliphatic imine (C=N–C) groups is 1. The molecule has 1 aliphatic heterocycles. The molecule has 0 amide bonds. The molecule has 5 heteroatoms. The molecule has 0 spiro atoms. The van der Waals surface area contributed by atoms with Crippen LogP contribution < -0.4 is 10.6 Å². The first-order valence-electron chi connectivity index (χ1n) is 9.50. The molecule has 2 unspecified atom stereocenters. The van der Waals surface area contributed by atoms with Crippen molar-refractivity contribution in [2.45, 2.75) is 65.0 Å². The van der Waals surface area contributed by atoms with Crippen LogP contribution in [-0.4, -0.2) is 74.7 Å². The summed E-state index contributed by atoms with van der Waals surface area (Å²) in [5.41, 5.74) is 0. The maximum atomic E-state index is 4.83. The lowest BCUT2D eigenvalue weighted by Crippen LogP contribution is -2.52. The molecular formula is C18H39N5. The molecule has 0 radical (unpaired) electrons. The van der Waals surface area contributed by atoms with E-state index in [1.54, 1.807) is 0 Å². The average molecular weight is 326 g/mol. The van der Waals surface area contributed by atoms with Gasteiger partial charge in [0.25, 0.3) is 0 Å². The highest BCUT2D eigenvalue weighted by Gasteiger charge is 2.21. The first kappa shape index (κ1) is 20.2. The summed E-state index contributed by atoms with van der Waals surface area (Å²) in [7, 11) is 4.41. The first-order chi connectivity index (χ1) is 11.1. The minimum Gasteiger partial charge on any atom is -0.357 e. The van der Waals surface area contributed by atoms with E-state index in [0.29, 0.717) is 12.1 Å². The fourth-order valence-corrected chi connectivity index (χ4v) is 3.00. The highest BCUT2D eigenvalue weighted by Crippen LogP contribution is 2.07. The third-order valence-electron chi connectivity index (χ3n) is 4.66. The van der Waals surface area contributed by atoms with E-state index in [-0.39, 0.29) is 0 Å². The van der Waals surface area contributed by atoms with Gasteiger partial charge in [-0.05, 0) is 34.4 Å². The van der Waals surface area contributed by atoms with Gasteiger partial charge in [-0.2, -0.15) is 0 Å². The van der Waals surface area contributed by atoms with Crippen LogP contribution in [0.15, 0.2) is 4.99 Å². The minimum absolute atomic E-state index is 0.483. The zero-order valence-electron chi connectivity index (χ0n) is 16.1. The Balaban J connectivity index is 2.42. The SMILES string of the molecule is CCCCCCC(C)NC(=NCC1CN(C)CCN1C)NCC. The molecule has 1 aliphatic rings. The Bertz CT molecular complexity index is 331. The standard InChI is InChI=1S/C18H39N5/c1-6-8-9-10-11-16(3)21-18(19-7-2)20-14-17-15-22(4)12-13-23(17)5/h16-17H,6-15H2,1-5H3,(H2,19,20,21). The lowest BCUT2D eigenvalue weighted by molar-refractivity contribution is 0.119. The number of hydrogen-bond donors (Lipinski definition) is 2. The number of likely N-dealkylation sites (N-methyl/N-ethyl adjacent to an activating group) is 2. The summed E-state index contributed by atoms with van der Waals surface area (Å²) in [5.74, 6) is 0.970. The Morgan fingerprint density at radius 1 is 1.17 bits per heavy atom. The van der Waals surface area contributed by atoms with Gasteiger partial charge in [0.2, 0.25) is 0 Å². The third kappa shape index (κ3) is 8.56. The Labute approximate surface area is 143 Å². The average Bonchev–Trinajstić information content (AvgIpc) is 2.52. The topological polar surface area (TPSA) is 42.9 Å². The van der Waals surface area contributed by atoms with Crippen LogP contribution in [0.5, 0.6) is 0 Å². The summed E-state index contributed by atoms with van der Waals surface area (Å²) in [6.45, 7) is 11.8. The van der Waals surface area contributed by atoms with Crippen LogP contribution in [-0.2, 0) is 0 Å². The van der Waals surface area contributed by atoms with Crippen LogP contribution in [0.4, 0.5) is 0 Å². The van der Waals surface area contributed by atoms with Gasteiger partial charge in [0.05, 0.1) is 6.54 Å². The van der Waals surface area contributed by atoms with E-state index in [1.165, 1.54) is 32.1 Å². The summed E-state index contributed by atoms with van der Waals surface area (Å²) in [6.07, 6.45) is 6.52. The van der Waals surface area contributed by atoms with Crippen molar-refractivity contribution in [1.29, 1.82) is 0 Å². The van der Waals surface area contributed by atoms with Gasteiger partial charge in [-0.3, -0.25) is 9.89 Å². The molecule has 23 heavy (non-hydrogen) atoms. The quantitative estimate of drug-likeness (QED) is 0.387. The number of unbranched alkanes of at least 4 members (excludes halogenated alkanes) is 3. The van der Waals surface area contributed by atoms with Gasteiger partial charge in [0.1, 0.15) is 0 Å². The predicted octanol–water partition coefficient (Wildman–Crippen LogP) is 2.15. The fourth-order valence-electron chi connectivity index (χ4n) is 3.00. The Morgan fingerprint density at radius 2 is 1.96 bits per heavy atom. The van der Waals surface area contributed by atoms with E-state index < -0.39 is 0 Å². The molecule has 0 aromatic rings. The molecule has 5 nitrogen and oxygen atoms in total. The number of hydrogen-bond acceptors (Lipinski definition) is 3. The summed E-state index contributed by atoms with van der Waals surface area (Å²) in [5, 5.41) is 6.95. The monoisotopic (exact) mass is 325 g/mol. The summed E-state index contributed by atoms with van der Waals surface area (Å²) in [4.78, 5) is 9.66. The fraction of sp³-hybridized carbons (Fsp3) is 0.944. The van der Waals surface area contributed by atoms with Crippen molar-refractivity contribution in [3.63, 3.8) is 0 Å². The Hall–Kier alpha value is -0.810. The van der Waals surface area contributed by atoms with Crippen molar-refractivity contribution in [1.82, 2.24) is 20.4 Å². The van der Waals surface area contributed by atoms with E-state index in [4.69, 9.17) is 4.99 Å². The largest absolute Gasteiger partial charge is 0.357 e. The summed E-state index contributed by atoms with van der Waals surface area (Å²) >= 11 is 0. The number of nitrogens with zero attached hydrogens (tertiary/aromatic N) is 3. The van der Waals surface area contributed by atoms with E-state index in [1.807, 2.05) is 0 Å². The predicted molar refractivity (Wildman–Crippen MR) is 101 cm³/mol. The van der Waals surface area contributed by atoms with Crippen LogP contribution in [0.1, 0.15) is 52.9 Å². The van der Waals surface area contributed by atoms with Crippen LogP contribution in [0.3, 0.4) is 0 Å². The number of piperazine rings is 1. The zero-order chi connectivity index (χ0) is 17.1. The Morgan fingerprint density at radius 3 is 2.65 bits per heavy atom. The van der Waals surface area contributed by atoms with Gasteiger partial charge in [0.15, 0.2) is 5.96 Å². The molecule has 136 valence electrons. The molecule has 0 saturated carbocycles. The molecule has 0 aromatic heterocycles. The maximum absolute atomic E-state index is 4.83. The van der Waals surface area contributed by atoms with Gasteiger partial charge in [0, 0.05) is 38.3 Å². The van der Waals surface area contributed by atoms with Crippen molar-refractivity contribution < 1.29 is 0 Å². The van der Waals surface area contributed by atoms with Gasteiger partial charge >= 0.3 is 0 Å². The van der Waals surface area contributed by atoms with Crippen molar-refractivity contribution in [2.24, 2.45) is 4.99 Å². The van der Waals surface area contributed by atoms with Crippen molar-refractivity contribution in [3.8, 4) is 0 Å². The lowest BCUT2D eigenvalue weighted by Gasteiger charge is -2.37. The van der Waals surface area contributed by atoms with Gasteiger partial charge < -0.3 is 15.5 Å². The van der Waals surface area contributed by atoms with Crippen molar-refractivity contribution in [2.75, 3.05) is 46.8 Å². The second kappa shape index (κ2) is 11.7. The third-order valence-corrected chi connectivity index (χ3v) is 4.66. The van der Waals surface area contributed by atoms with Gasteiger partial charge in [-0.25, -0.2) is 0 Å². The van der Waals surface area contributed by atoms with Crippen molar-refractivity contribution >= 4 is 5.96 Å². The number of rotatable bonds is 9. The molecular weight excluding hydrogens is 286 g/mol. The van der Waals surface area contributed by atoms with E-state index in [0.717, 1.165) is 38.7 Å². The molecule has 0 aromatic carbocycles. The van der Waals surface area contributed by atoms with Crippen LogP contribution >= 0.6 is 0 Å². The lowest BCUT2D eigenvalue weighted by atomic mass is 10.1. The molecule has 1 fully saturated rings. The highest BCUT2D eigenvalue weighted by atomic mass is 15.3. The zero-order valence-corrected chi connectivity index (χ0v) is 16.1. The molecule has 1 heterocycles. The van der Waals surface area contributed by atoms with Crippen LogP contribution in [0.2, 0.25) is 0 Å².